The van der Waals surface area contributed by atoms with Crippen LogP contribution in [0.15, 0.2) is 48.0 Å². The third kappa shape index (κ3) is 5.91. The Kier molecular flexibility index (Phi) is 7.09. The van der Waals surface area contributed by atoms with Gasteiger partial charge in [-0.05, 0) is 54.9 Å². The van der Waals surface area contributed by atoms with Gasteiger partial charge in [-0.1, -0.05) is 42.0 Å². The predicted octanol–water partition coefficient (Wildman–Crippen LogP) is 5.14. The van der Waals surface area contributed by atoms with Gasteiger partial charge in [0, 0.05) is 37.3 Å². The molecule has 1 heterocycles. The Balaban J connectivity index is 0.00000240. The lowest BCUT2D eigenvalue weighted by Gasteiger charge is -2.28. The Labute approximate surface area is 178 Å². The SMILES string of the molecule is Cl.Nc1cc(F)ccc1CC(=O)c1ccc(C=C2CCN(CC3CC3)CC2)cc1. The Morgan fingerprint density at radius 1 is 1.10 bits per heavy atom. The summed E-state index contributed by atoms with van der Waals surface area (Å²) in [6.07, 6.45) is 7.55. The first-order valence-corrected chi connectivity index (χ1v) is 10.2. The van der Waals surface area contributed by atoms with E-state index in [2.05, 4.69) is 11.0 Å². The Morgan fingerprint density at radius 2 is 1.79 bits per heavy atom. The van der Waals surface area contributed by atoms with Crippen molar-refractivity contribution >= 4 is 30.0 Å². The standard InChI is InChI=1S/C24H27FN2O.ClH/c25-22-8-7-21(23(26)15-22)14-24(28)20-5-3-17(4-6-20)13-18-9-11-27(12-10-18)16-19-1-2-19;/h3-8,13,15,19H,1-2,9-12,14,16,26H2;1H. The molecule has 1 aliphatic carbocycles. The van der Waals surface area contributed by atoms with E-state index in [0.717, 1.165) is 37.4 Å². The molecular weight excluding hydrogens is 387 g/mol. The van der Waals surface area contributed by atoms with Gasteiger partial charge in [0.25, 0.3) is 0 Å². The highest BCUT2D eigenvalue weighted by Crippen LogP contribution is 2.31. The van der Waals surface area contributed by atoms with Crippen molar-refractivity contribution in [3.8, 4) is 0 Å². The van der Waals surface area contributed by atoms with E-state index in [9.17, 15) is 9.18 Å². The second-order valence-corrected chi connectivity index (χ2v) is 8.11. The molecule has 1 aliphatic heterocycles. The van der Waals surface area contributed by atoms with Crippen LogP contribution in [0.25, 0.3) is 6.08 Å². The predicted molar refractivity (Wildman–Crippen MR) is 119 cm³/mol. The molecule has 2 aromatic rings. The van der Waals surface area contributed by atoms with Gasteiger partial charge < -0.3 is 10.6 Å². The number of rotatable bonds is 6. The first kappa shape index (κ1) is 21.5. The molecule has 2 fully saturated rings. The van der Waals surface area contributed by atoms with Gasteiger partial charge in [-0.3, -0.25) is 4.79 Å². The third-order valence-corrected chi connectivity index (χ3v) is 5.77. The topological polar surface area (TPSA) is 46.3 Å². The zero-order valence-electron chi connectivity index (χ0n) is 16.6. The number of carbonyl (C=O) groups excluding carboxylic acids is 1. The number of hydrogen-bond acceptors (Lipinski definition) is 3. The number of hydrogen-bond donors (Lipinski definition) is 1. The number of benzene rings is 2. The molecule has 29 heavy (non-hydrogen) atoms. The lowest BCUT2D eigenvalue weighted by atomic mass is 9.98. The van der Waals surface area contributed by atoms with Crippen molar-refractivity contribution in [3.05, 3.63) is 70.5 Å². The normalized spacial score (nSPS) is 16.9. The highest BCUT2D eigenvalue weighted by Gasteiger charge is 2.25. The molecule has 2 N–H and O–H groups in total. The molecule has 4 rings (SSSR count). The van der Waals surface area contributed by atoms with Gasteiger partial charge in [0.1, 0.15) is 5.82 Å². The highest BCUT2D eigenvalue weighted by atomic mass is 35.5. The molecule has 0 unspecified atom stereocenters. The van der Waals surface area contributed by atoms with E-state index < -0.39 is 0 Å². The summed E-state index contributed by atoms with van der Waals surface area (Å²) in [6.45, 7) is 3.61. The van der Waals surface area contributed by atoms with Crippen LogP contribution in [-0.2, 0) is 6.42 Å². The molecule has 154 valence electrons. The van der Waals surface area contributed by atoms with E-state index in [0.29, 0.717) is 16.8 Å². The molecule has 0 amide bonds. The number of nitrogen functional groups attached to an aromatic ring is 1. The quantitative estimate of drug-likeness (QED) is 0.525. The molecule has 0 spiro atoms. The van der Waals surface area contributed by atoms with Gasteiger partial charge in [-0.25, -0.2) is 4.39 Å². The number of nitrogens with zero attached hydrogens (tertiary/aromatic N) is 1. The molecule has 1 saturated carbocycles. The van der Waals surface area contributed by atoms with Crippen LogP contribution >= 0.6 is 12.4 Å². The van der Waals surface area contributed by atoms with Crippen molar-refractivity contribution in [2.45, 2.75) is 32.1 Å². The van der Waals surface area contributed by atoms with Crippen LogP contribution < -0.4 is 5.73 Å². The zero-order valence-corrected chi connectivity index (χ0v) is 17.4. The van der Waals surface area contributed by atoms with Gasteiger partial charge in [0.2, 0.25) is 0 Å². The number of Topliss-reactive ketones (excluding diaryl/α,β-unsaturated/α-hetero) is 1. The monoisotopic (exact) mass is 414 g/mol. The minimum absolute atomic E-state index is 0. The van der Waals surface area contributed by atoms with Gasteiger partial charge in [-0.2, -0.15) is 0 Å². The van der Waals surface area contributed by atoms with Crippen LogP contribution in [0.3, 0.4) is 0 Å². The fourth-order valence-corrected chi connectivity index (χ4v) is 3.84. The van der Waals surface area contributed by atoms with E-state index in [-0.39, 0.29) is 30.4 Å². The maximum absolute atomic E-state index is 13.2. The fraction of sp³-hybridized carbons (Fsp3) is 0.375. The van der Waals surface area contributed by atoms with Gasteiger partial charge in [0.05, 0.1) is 0 Å². The number of likely N-dealkylation sites (tertiary alicyclic amines) is 1. The minimum Gasteiger partial charge on any atom is -0.398 e. The summed E-state index contributed by atoms with van der Waals surface area (Å²) < 4.78 is 13.2. The molecule has 0 bridgehead atoms. The summed E-state index contributed by atoms with van der Waals surface area (Å²) >= 11 is 0. The third-order valence-electron chi connectivity index (χ3n) is 5.77. The van der Waals surface area contributed by atoms with Gasteiger partial charge >= 0.3 is 0 Å². The smallest absolute Gasteiger partial charge is 0.167 e. The summed E-state index contributed by atoms with van der Waals surface area (Å²) in [4.78, 5) is 15.1. The number of carbonyl (C=O) groups is 1. The second kappa shape index (κ2) is 9.55. The lowest BCUT2D eigenvalue weighted by molar-refractivity contribution is 0.0993. The highest BCUT2D eigenvalue weighted by molar-refractivity contribution is 5.98. The first-order chi connectivity index (χ1) is 13.6. The number of piperidine rings is 1. The van der Waals surface area contributed by atoms with Crippen LogP contribution in [0.5, 0.6) is 0 Å². The van der Waals surface area contributed by atoms with Gasteiger partial charge in [0.15, 0.2) is 5.78 Å². The zero-order chi connectivity index (χ0) is 19.5. The van der Waals surface area contributed by atoms with Crippen LogP contribution in [0.1, 0.15) is 47.2 Å². The maximum Gasteiger partial charge on any atom is 0.167 e. The van der Waals surface area contributed by atoms with Gasteiger partial charge in [-0.15, -0.1) is 12.4 Å². The number of ketones is 1. The van der Waals surface area contributed by atoms with Crippen molar-refractivity contribution in [3.63, 3.8) is 0 Å². The van der Waals surface area contributed by atoms with Crippen LogP contribution in [0.4, 0.5) is 10.1 Å². The summed E-state index contributed by atoms with van der Waals surface area (Å²) in [5.41, 5.74) is 10.1. The molecule has 1 saturated heterocycles. The van der Waals surface area contributed by atoms with Crippen LogP contribution in [0, 0.1) is 11.7 Å². The Bertz CT molecular complexity index is 880. The van der Waals surface area contributed by atoms with Crippen molar-refractivity contribution in [2.24, 2.45) is 5.92 Å². The average Bonchev–Trinajstić information content (AvgIpc) is 3.50. The van der Waals surface area contributed by atoms with E-state index in [1.807, 2.05) is 24.3 Å². The Morgan fingerprint density at radius 3 is 2.41 bits per heavy atom. The summed E-state index contributed by atoms with van der Waals surface area (Å²) in [5, 5.41) is 0. The summed E-state index contributed by atoms with van der Waals surface area (Å²) in [6, 6.07) is 11.9. The molecule has 3 nitrogen and oxygen atoms in total. The minimum atomic E-state index is -0.385. The first-order valence-electron chi connectivity index (χ1n) is 10.2. The average molecular weight is 415 g/mol. The number of halogens is 2. The fourth-order valence-electron chi connectivity index (χ4n) is 3.84. The van der Waals surface area contributed by atoms with E-state index in [1.54, 1.807) is 6.07 Å². The van der Waals surface area contributed by atoms with E-state index >= 15 is 0 Å². The van der Waals surface area contributed by atoms with Crippen molar-refractivity contribution in [1.29, 1.82) is 0 Å². The molecule has 0 aromatic heterocycles. The second-order valence-electron chi connectivity index (χ2n) is 8.11. The van der Waals surface area contributed by atoms with E-state index in [4.69, 9.17) is 5.73 Å². The summed E-state index contributed by atoms with van der Waals surface area (Å²) in [5.74, 6) is 0.566. The van der Waals surface area contributed by atoms with Crippen LogP contribution in [-0.4, -0.2) is 30.3 Å². The van der Waals surface area contributed by atoms with Crippen molar-refractivity contribution in [1.82, 2.24) is 4.90 Å². The molecule has 5 heteroatoms. The molecule has 0 radical (unpaired) electrons. The molecule has 2 aromatic carbocycles. The van der Waals surface area contributed by atoms with E-state index in [1.165, 1.54) is 37.1 Å². The molecule has 0 atom stereocenters. The summed E-state index contributed by atoms with van der Waals surface area (Å²) in [7, 11) is 0. The number of nitrogens with two attached hydrogens (primary N) is 1. The van der Waals surface area contributed by atoms with Crippen molar-refractivity contribution in [2.75, 3.05) is 25.4 Å². The Hall–Kier alpha value is -2.17. The largest absolute Gasteiger partial charge is 0.398 e. The lowest BCUT2D eigenvalue weighted by Crippen LogP contribution is -2.32. The van der Waals surface area contributed by atoms with Crippen LogP contribution in [0.2, 0.25) is 0 Å². The number of anilines is 1. The van der Waals surface area contributed by atoms with Crippen molar-refractivity contribution < 1.29 is 9.18 Å². The molecular formula is C24H28ClFN2O. The maximum atomic E-state index is 13.2. The molecule has 2 aliphatic rings.